The number of ether oxygens (including phenoxy) is 1. The molecule has 164 valence electrons. The fourth-order valence-electron chi connectivity index (χ4n) is 4.03. The Labute approximate surface area is 182 Å². The van der Waals surface area contributed by atoms with E-state index < -0.39 is 10.0 Å². The van der Waals surface area contributed by atoms with Crippen molar-refractivity contribution in [2.24, 2.45) is 0 Å². The van der Waals surface area contributed by atoms with Gasteiger partial charge < -0.3 is 9.84 Å². The van der Waals surface area contributed by atoms with Crippen molar-refractivity contribution in [2.45, 2.75) is 30.3 Å². The third-order valence-corrected chi connectivity index (χ3v) is 6.93. The van der Waals surface area contributed by atoms with E-state index in [2.05, 4.69) is 14.6 Å². The van der Waals surface area contributed by atoms with Crippen LogP contribution in [0, 0.1) is 0 Å². The van der Waals surface area contributed by atoms with Crippen LogP contribution in [0.15, 0.2) is 65.7 Å². The Hall–Kier alpha value is -2.52. The number of aliphatic hydroxyl groups excluding tert-OH is 1. The minimum atomic E-state index is -3.68. The molecular weight excluding hydrogens is 414 g/mol. The number of pyridine rings is 1. The van der Waals surface area contributed by atoms with Gasteiger partial charge in [-0.3, -0.25) is 9.88 Å². The van der Waals surface area contributed by atoms with Gasteiger partial charge in [0.1, 0.15) is 17.3 Å². The van der Waals surface area contributed by atoms with Crippen LogP contribution in [-0.2, 0) is 16.6 Å². The molecule has 1 aliphatic rings. The first-order valence-corrected chi connectivity index (χ1v) is 11.9. The molecule has 0 amide bonds. The molecule has 0 unspecified atom stereocenters. The molecule has 8 heteroatoms. The number of aliphatic hydroxyl groups is 1. The van der Waals surface area contributed by atoms with Crippen LogP contribution in [0.4, 0.5) is 0 Å². The van der Waals surface area contributed by atoms with E-state index in [1.807, 2.05) is 36.4 Å². The number of hydrogen-bond acceptors (Lipinski definition) is 6. The molecule has 31 heavy (non-hydrogen) atoms. The zero-order chi connectivity index (χ0) is 21.7. The molecule has 0 radical (unpaired) electrons. The molecular formula is C23H27N3O4S. The molecule has 3 aromatic rings. The first-order valence-electron chi connectivity index (χ1n) is 10.5. The molecule has 2 heterocycles. The molecule has 2 aromatic carbocycles. The van der Waals surface area contributed by atoms with Gasteiger partial charge in [-0.05, 0) is 49.2 Å². The molecule has 0 bridgehead atoms. The van der Waals surface area contributed by atoms with Gasteiger partial charge in [-0.15, -0.1) is 0 Å². The molecule has 1 aliphatic heterocycles. The molecule has 0 spiro atoms. The Bertz CT molecular complexity index is 1130. The van der Waals surface area contributed by atoms with Gasteiger partial charge in [0, 0.05) is 30.7 Å². The summed E-state index contributed by atoms with van der Waals surface area (Å²) < 4.78 is 34.6. The Balaban J connectivity index is 1.44. The van der Waals surface area contributed by atoms with Gasteiger partial charge in [-0.1, -0.05) is 30.3 Å². The normalized spacial score (nSPS) is 17.6. The Morgan fingerprint density at radius 1 is 1.16 bits per heavy atom. The van der Waals surface area contributed by atoms with Gasteiger partial charge in [0.05, 0.1) is 12.1 Å². The number of benzene rings is 2. The maximum absolute atomic E-state index is 13.1. The van der Waals surface area contributed by atoms with E-state index in [0.717, 1.165) is 36.1 Å². The third-order valence-electron chi connectivity index (χ3n) is 5.38. The fraction of sp³-hybridized carbons (Fsp3) is 0.348. The van der Waals surface area contributed by atoms with Crippen LogP contribution in [0.25, 0.3) is 10.9 Å². The first-order chi connectivity index (χ1) is 15.0. The number of hydrogen-bond donors (Lipinski definition) is 2. The van der Waals surface area contributed by atoms with Gasteiger partial charge in [-0.25, -0.2) is 13.1 Å². The minimum Gasteiger partial charge on any atom is -0.491 e. The second-order valence-electron chi connectivity index (χ2n) is 7.75. The molecule has 4 rings (SSSR count). The van der Waals surface area contributed by atoms with Gasteiger partial charge >= 0.3 is 0 Å². The molecule has 1 atom stereocenters. The predicted molar refractivity (Wildman–Crippen MR) is 119 cm³/mol. The van der Waals surface area contributed by atoms with Crippen molar-refractivity contribution in [2.75, 3.05) is 26.3 Å². The van der Waals surface area contributed by atoms with Crippen LogP contribution in [0.3, 0.4) is 0 Å². The lowest BCUT2D eigenvalue weighted by Crippen LogP contribution is -2.47. The van der Waals surface area contributed by atoms with E-state index in [-0.39, 0.29) is 24.2 Å². The number of para-hydroxylation sites is 1. The third kappa shape index (κ3) is 5.40. The second kappa shape index (κ2) is 9.74. The van der Waals surface area contributed by atoms with Crippen LogP contribution in [0.5, 0.6) is 5.75 Å². The molecule has 1 fully saturated rings. The van der Waals surface area contributed by atoms with Crippen molar-refractivity contribution >= 4 is 20.9 Å². The fourth-order valence-corrected chi connectivity index (χ4v) is 5.47. The average Bonchev–Trinajstić information content (AvgIpc) is 2.77. The van der Waals surface area contributed by atoms with E-state index in [1.54, 1.807) is 24.4 Å². The van der Waals surface area contributed by atoms with Crippen molar-refractivity contribution in [1.29, 1.82) is 0 Å². The number of nitrogens with one attached hydrogen (secondary N) is 1. The largest absolute Gasteiger partial charge is 0.491 e. The summed E-state index contributed by atoms with van der Waals surface area (Å²) in [6.07, 6.45) is 3.33. The molecule has 0 aliphatic carbocycles. The number of piperidine rings is 1. The zero-order valence-corrected chi connectivity index (χ0v) is 18.1. The number of fused-ring (bicyclic) bond motifs is 1. The van der Waals surface area contributed by atoms with Crippen molar-refractivity contribution in [3.05, 3.63) is 66.4 Å². The monoisotopic (exact) mass is 441 g/mol. The Morgan fingerprint density at radius 3 is 2.87 bits per heavy atom. The Morgan fingerprint density at radius 2 is 2.00 bits per heavy atom. The second-order valence-corrected chi connectivity index (χ2v) is 9.43. The summed E-state index contributed by atoms with van der Waals surface area (Å²) in [6.45, 7) is 2.50. The van der Waals surface area contributed by atoms with E-state index in [4.69, 9.17) is 9.84 Å². The standard InChI is InChI=1S/C23H27N3O4S/c27-13-14-30-21-9-1-5-18(15-21)16-26-12-4-8-20(17-26)25-31(28,29)22-10-2-6-19-7-3-11-24-23(19)22/h1-3,5-7,9-11,15,20,25,27H,4,8,12-14,16-17H2/t20-/m1/s1. The molecule has 0 saturated carbocycles. The summed E-state index contributed by atoms with van der Waals surface area (Å²) >= 11 is 0. The molecule has 1 aromatic heterocycles. The molecule has 1 saturated heterocycles. The van der Waals surface area contributed by atoms with Crippen LogP contribution in [0.1, 0.15) is 18.4 Å². The van der Waals surface area contributed by atoms with E-state index in [9.17, 15) is 8.42 Å². The van der Waals surface area contributed by atoms with E-state index >= 15 is 0 Å². The van der Waals surface area contributed by atoms with Gasteiger partial charge in [0.25, 0.3) is 0 Å². The topological polar surface area (TPSA) is 91.8 Å². The highest BCUT2D eigenvalue weighted by Crippen LogP contribution is 2.23. The lowest BCUT2D eigenvalue weighted by Gasteiger charge is -2.33. The number of rotatable bonds is 8. The van der Waals surface area contributed by atoms with Crippen LogP contribution in [-0.4, -0.2) is 55.8 Å². The van der Waals surface area contributed by atoms with Crippen LogP contribution < -0.4 is 9.46 Å². The highest BCUT2D eigenvalue weighted by Gasteiger charge is 2.26. The van der Waals surface area contributed by atoms with Crippen molar-refractivity contribution < 1.29 is 18.3 Å². The number of nitrogens with zero attached hydrogens (tertiary/aromatic N) is 2. The average molecular weight is 442 g/mol. The van der Waals surface area contributed by atoms with Gasteiger partial charge in [0.2, 0.25) is 10.0 Å². The Kier molecular flexibility index (Phi) is 6.82. The highest BCUT2D eigenvalue weighted by atomic mass is 32.2. The number of likely N-dealkylation sites (tertiary alicyclic amines) is 1. The van der Waals surface area contributed by atoms with E-state index in [0.29, 0.717) is 18.6 Å². The van der Waals surface area contributed by atoms with Gasteiger partial charge in [0.15, 0.2) is 0 Å². The van der Waals surface area contributed by atoms with Crippen LogP contribution >= 0.6 is 0 Å². The summed E-state index contributed by atoms with van der Waals surface area (Å²) in [7, 11) is -3.68. The van der Waals surface area contributed by atoms with Crippen LogP contribution in [0.2, 0.25) is 0 Å². The SMILES string of the molecule is O=S(=O)(N[C@@H]1CCCN(Cc2cccc(OCCO)c2)C1)c1cccc2cccnc12. The minimum absolute atomic E-state index is 0.0234. The maximum Gasteiger partial charge on any atom is 0.243 e. The van der Waals surface area contributed by atoms with Gasteiger partial charge in [-0.2, -0.15) is 0 Å². The quantitative estimate of drug-likeness (QED) is 0.558. The summed E-state index contributed by atoms with van der Waals surface area (Å²) in [4.78, 5) is 6.76. The smallest absolute Gasteiger partial charge is 0.243 e. The highest BCUT2D eigenvalue weighted by molar-refractivity contribution is 7.89. The summed E-state index contributed by atoms with van der Waals surface area (Å²) in [5.74, 6) is 0.726. The predicted octanol–water partition coefficient (Wildman–Crippen LogP) is 2.55. The van der Waals surface area contributed by atoms with Crippen molar-refractivity contribution in [3.63, 3.8) is 0 Å². The zero-order valence-electron chi connectivity index (χ0n) is 17.3. The lowest BCUT2D eigenvalue weighted by molar-refractivity contribution is 0.192. The lowest BCUT2D eigenvalue weighted by atomic mass is 10.1. The molecule has 2 N–H and O–H groups in total. The summed E-state index contributed by atoms with van der Waals surface area (Å²) in [6, 6.07) is 16.5. The maximum atomic E-state index is 13.1. The first kappa shape index (κ1) is 21.7. The summed E-state index contributed by atoms with van der Waals surface area (Å²) in [5.41, 5.74) is 1.59. The molecule has 7 nitrogen and oxygen atoms in total. The number of aromatic nitrogens is 1. The summed E-state index contributed by atoms with van der Waals surface area (Å²) in [5, 5.41) is 9.73. The van der Waals surface area contributed by atoms with Crippen molar-refractivity contribution in [3.8, 4) is 5.75 Å². The van der Waals surface area contributed by atoms with E-state index in [1.165, 1.54) is 0 Å². The number of sulfonamides is 1. The van der Waals surface area contributed by atoms with Crippen molar-refractivity contribution in [1.82, 2.24) is 14.6 Å².